The highest BCUT2D eigenvalue weighted by atomic mass is 79.9. The van der Waals surface area contributed by atoms with Crippen LogP contribution in [0.25, 0.3) is 11.3 Å². The lowest BCUT2D eigenvalue weighted by atomic mass is 10.1. The molecule has 2 aliphatic heterocycles. The van der Waals surface area contributed by atoms with Crippen LogP contribution in [0.15, 0.2) is 47.4 Å². The van der Waals surface area contributed by atoms with Gasteiger partial charge in [0.2, 0.25) is 0 Å². The van der Waals surface area contributed by atoms with E-state index in [0.717, 1.165) is 53.7 Å². The van der Waals surface area contributed by atoms with E-state index < -0.39 is 0 Å². The number of benzene rings is 1. The highest BCUT2D eigenvalue weighted by Crippen LogP contribution is 2.43. The Balaban J connectivity index is 0.00000272. The van der Waals surface area contributed by atoms with Crippen LogP contribution in [0.2, 0.25) is 0 Å². The summed E-state index contributed by atoms with van der Waals surface area (Å²) in [4.78, 5) is 2.13. The van der Waals surface area contributed by atoms with Crippen molar-refractivity contribution in [2.75, 3.05) is 13.2 Å². The molecule has 6 nitrogen and oxygen atoms in total. The topological polar surface area (TPSA) is 67.0 Å². The first kappa shape index (κ1) is 23.2. The molecule has 0 atom stereocenters. The van der Waals surface area contributed by atoms with Gasteiger partial charge < -0.3 is 14.2 Å². The van der Waals surface area contributed by atoms with Gasteiger partial charge in [0.15, 0.2) is 5.82 Å². The molecule has 8 heteroatoms. The maximum Gasteiger partial charge on any atom is 0.177 e. The highest BCUT2D eigenvalue weighted by molar-refractivity contribution is 8.93. The summed E-state index contributed by atoms with van der Waals surface area (Å²) in [7, 11) is 0. The SMILES string of the molecule is Br.C=CCN1C(c2ccc(OCC)cc2)=CSC1=C(C#N)c1nnc2n1CCCCC2. The quantitative estimate of drug-likeness (QED) is 0.391. The second-order valence-corrected chi connectivity index (χ2v) is 8.03. The van der Waals surface area contributed by atoms with Gasteiger partial charge in [-0.25, -0.2) is 0 Å². The number of nitrogens with zero attached hydrogens (tertiary/aromatic N) is 5. The van der Waals surface area contributed by atoms with Crippen molar-refractivity contribution in [3.63, 3.8) is 0 Å². The molecule has 0 spiro atoms. The van der Waals surface area contributed by atoms with Gasteiger partial charge in [0.1, 0.15) is 28.2 Å². The Morgan fingerprint density at radius 2 is 2.06 bits per heavy atom. The molecule has 2 aliphatic rings. The summed E-state index contributed by atoms with van der Waals surface area (Å²) < 4.78 is 7.69. The van der Waals surface area contributed by atoms with Crippen molar-refractivity contribution in [1.29, 1.82) is 5.26 Å². The predicted octanol–water partition coefficient (Wildman–Crippen LogP) is 5.41. The Labute approximate surface area is 198 Å². The van der Waals surface area contributed by atoms with Gasteiger partial charge in [-0.1, -0.05) is 24.3 Å². The Hall–Kier alpha value is -2.50. The van der Waals surface area contributed by atoms with Gasteiger partial charge >= 0.3 is 0 Å². The van der Waals surface area contributed by atoms with Crippen molar-refractivity contribution in [3.8, 4) is 11.8 Å². The number of rotatable bonds is 6. The van der Waals surface area contributed by atoms with E-state index in [2.05, 4.69) is 37.7 Å². The first-order chi connectivity index (χ1) is 14.8. The fourth-order valence-electron chi connectivity index (χ4n) is 3.83. The first-order valence-electron chi connectivity index (χ1n) is 10.3. The average Bonchev–Trinajstić information content (AvgIpc) is 3.27. The minimum Gasteiger partial charge on any atom is -0.494 e. The van der Waals surface area contributed by atoms with E-state index in [0.29, 0.717) is 24.5 Å². The highest BCUT2D eigenvalue weighted by Gasteiger charge is 2.29. The molecule has 162 valence electrons. The largest absolute Gasteiger partial charge is 0.494 e. The van der Waals surface area contributed by atoms with Crippen molar-refractivity contribution in [3.05, 3.63) is 64.6 Å². The molecule has 0 saturated heterocycles. The zero-order valence-corrected chi connectivity index (χ0v) is 20.1. The molecule has 2 aromatic rings. The first-order valence-corrected chi connectivity index (χ1v) is 11.2. The molecule has 0 unspecified atom stereocenters. The van der Waals surface area contributed by atoms with Crippen molar-refractivity contribution < 1.29 is 4.74 Å². The van der Waals surface area contributed by atoms with Crippen LogP contribution in [0.4, 0.5) is 0 Å². The Morgan fingerprint density at radius 1 is 1.26 bits per heavy atom. The molecular formula is C23H26BrN5OS. The summed E-state index contributed by atoms with van der Waals surface area (Å²) in [5.41, 5.74) is 2.68. The minimum absolute atomic E-state index is 0. The lowest BCUT2D eigenvalue weighted by molar-refractivity contribution is 0.340. The standard InChI is InChI=1S/C23H25N5OS.BrH/c1-3-13-27-20(17-9-11-18(12-10-17)29-4-2)16-30-23(27)19(15-24)22-26-25-21-8-6-5-7-14-28(21)22;/h3,9-12,16H,1,4-8,13-14H2,2H3;1H. The maximum atomic E-state index is 10.1. The van der Waals surface area contributed by atoms with Gasteiger partial charge in [0.25, 0.3) is 0 Å². The summed E-state index contributed by atoms with van der Waals surface area (Å²) in [6.07, 6.45) is 6.17. The number of fused-ring (bicyclic) bond motifs is 1. The third-order valence-electron chi connectivity index (χ3n) is 5.25. The fraction of sp³-hybridized carbons (Fsp3) is 0.348. The summed E-state index contributed by atoms with van der Waals surface area (Å²) in [5, 5.41) is 21.8. The molecule has 0 amide bonds. The van der Waals surface area contributed by atoms with E-state index in [1.807, 2.05) is 37.3 Å². The maximum absolute atomic E-state index is 10.1. The number of hydrogen-bond donors (Lipinski definition) is 0. The van der Waals surface area contributed by atoms with Gasteiger partial charge in [-0.2, -0.15) is 5.26 Å². The molecule has 0 aliphatic carbocycles. The zero-order valence-electron chi connectivity index (χ0n) is 17.6. The van der Waals surface area contributed by atoms with E-state index in [1.165, 1.54) is 6.42 Å². The van der Waals surface area contributed by atoms with Gasteiger partial charge in [-0.15, -0.1) is 33.8 Å². The van der Waals surface area contributed by atoms with Crippen LogP contribution >= 0.6 is 28.7 Å². The van der Waals surface area contributed by atoms with E-state index in [-0.39, 0.29) is 17.0 Å². The van der Waals surface area contributed by atoms with Crippen LogP contribution in [0.1, 0.15) is 43.4 Å². The Morgan fingerprint density at radius 3 is 2.77 bits per heavy atom. The number of halogens is 1. The van der Waals surface area contributed by atoms with Gasteiger partial charge in [0, 0.05) is 24.9 Å². The normalized spacial score (nSPS) is 17.0. The van der Waals surface area contributed by atoms with Crippen LogP contribution in [0.3, 0.4) is 0 Å². The molecule has 0 radical (unpaired) electrons. The molecule has 0 bridgehead atoms. The van der Waals surface area contributed by atoms with Gasteiger partial charge in [0.05, 0.1) is 12.3 Å². The molecule has 3 heterocycles. The van der Waals surface area contributed by atoms with Crippen LogP contribution in [0, 0.1) is 11.3 Å². The number of aromatic nitrogens is 3. The lowest BCUT2D eigenvalue weighted by Gasteiger charge is -2.23. The molecule has 0 fully saturated rings. The summed E-state index contributed by atoms with van der Waals surface area (Å²) in [5.74, 6) is 2.50. The third-order valence-corrected chi connectivity index (χ3v) is 6.24. The van der Waals surface area contributed by atoms with Crippen LogP contribution in [-0.2, 0) is 13.0 Å². The van der Waals surface area contributed by atoms with E-state index in [9.17, 15) is 5.26 Å². The summed E-state index contributed by atoms with van der Waals surface area (Å²) in [6.45, 7) is 8.00. The number of hydrogen-bond acceptors (Lipinski definition) is 6. The fourth-order valence-corrected chi connectivity index (χ4v) is 4.87. The van der Waals surface area contributed by atoms with E-state index in [4.69, 9.17) is 4.74 Å². The molecule has 31 heavy (non-hydrogen) atoms. The van der Waals surface area contributed by atoms with Crippen LogP contribution in [0.5, 0.6) is 5.75 Å². The number of ether oxygens (including phenoxy) is 1. The number of thioether (sulfide) groups is 1. The minimum atomic E-state index is 0. The van der Waals surface area contributed by atoms with Crippen LogP contribution in [-0.4, -0.2) is 32.8 Å². The second kappa shape index (κ2) is 10.7. The average molecular weight is 500 g/mol. The molecule has 1 aromatic carbocycles. The van der Waals surface area contributed by atoms with Crippen molar-refractivity contribution in [1.82, 2.24) is 19.7 Å². The molecule has 0 N–H and O–H groups in total. The lowest BCUT2D eigenvalue weighted by Crippen LogP contribution is -2.18. The van der Waals surface area contributed by atoms with Gasteiger partial charge in [-0.3, -0.25) is 0 Å². The summed E-state index contributed by atoms with van der Waals surface area (Å²) >= 11 is 1.56. The number of nitriles is 1. The Kier molecular flexibility index (Phi) is 7.99. The number of allylic oxidation sites excluding steroid dienone is 1. The monoisotopic (exact) mass is 499 g/mol. The molecule has 0 saturated carbocycles. The van der Waals surface area contributed by atoms with Crippen molar-refractivity contribution >= 4 is 40.0 Å². The predicted molar refractivity (Wildman–Crippen MR) is 131 cm³/mol. The number of aryl methyl sites for hydroxylation is 1. The second-order valence-electron chi connectivity index (χ2n) is 7.17. The molecule has 4 rings (SSSR count). The third kappa shape index (κ3) is 4.73. The zero-order chi connectivity index (χ0) is 20.9. The van der Waals surface area contributed by atoms with E-state index in [1.54, 1.807) is 11.8 Å². The van der Waals surface area contributed by atoms with Crippen molar-refractivity contribution in [2.45, 2.75) is 39.2 Å². The summed E-state index contributed by atoms with van der Waals surface area (Å²) in [6, 6.07) is 10.5. The molecule has 1 aromatic heterocycles. The Bertz CT molecular complexity index is 1040. The van der Waals surface area contributed by atoms with Gasteiger partial charge in [-0.05, 0) is 49.6 Å². The smallest absolute Gasteiger partial charge is 0.177 e. The van der Waals surface area contributed by atoms with Crippen LogP contribution < -0.4 is 4.74 Å². The van der Waals surface area contributed by atoms with Crippen molar-refractivity contribution in [2.24, 2.45) is 0 Å². The van der Waals surface area contributed by atoms with E-state index >= 15 is 0 Å². The molecular weight excluding hydrogens is 474 g/mol.